The molecule has 64 heavy (non-hydrogen) atoms. The van der Waals surface area contributed by atoms with Crippen molar-refractivity contribution in [1.82, 2.24) is 24.5 Å². The summed E-state index contributed by atoms with van der Waals surface area (Å²) in [4.78, 5) is 19.9. The molecule has 3 radical (unpaired) electrons. The van der Waals surface area contributed by atoms with Gasteiger partial charge in [-0.25, -0.2) is 19.9 Å². The van der Waals surface area contributed by atoms with Gasteiger partial charge in [-0.15, -0.1) is 17.9 Å². The van der Waals surface area contributed by atoms with Crippen LogP contribution in [0, 0.1) is 0 Å². The molecule has 309 valence electrons. The Balaban J connectivity index is 1.12. The Morgan fingerprint density at radius 1 is 0.609 bits per heavy atom. The third kappa shape index (κ3) is 7.74. The summed E-state index contributed by atoms with van der Waals surface area (Å²) in [6.45, 7) is 16.9. The summed E-state index contributed by atoms with van der Waals surface area (Å²) in [5.74, 6) is 8.62. The van der Waals surface area contributed by atoms with E-state index in [0.717, 1.165) is 55.7 Å². The third-order valence-electron chi connectivity index (χ3n) is 12.2. The molecular formula is C55H49B3N5O. The third-order valence-corrected chi connectivity index (χ3v) is 12.2. The molecule has 8 aromatic rings. The molecule has 0 unspecified atom stereocenters. The molecule has 1 aliphatic carbocycles. The van der Waals surface area contributed by atoms with Crippen LogP contribution in [0.3, 0.4) is 0 Å². The Labute approximate surface area is 378 Å². The molecule has 3 aromatic heterocycles. The average Bonchev–Trinajstić information content (AvgIpc) is 3.97. The summed E-state index contributed by atoms with van der Waals surface area (Å²) in [5.41, 5.74) is 15.8. The van der Waals surface area contributed by atoms with E-state index in [1.165, 1.54) is 38.6 Å². The second-order valence-electron chi connectivity index (χ2n) is 16.9. The first-order valence-electron chi connectivity index (χ1n) is 22.0. The zero-order chi connectivity index (χ0) is 44.5. The van der Waals surface area contributed by atoms with Crippen LogP contribution in [-0.4, -0.2) is 46.3 Å². The van der Waals surface area contributed by atoms with Gasteiger partial charge in [0.25, 0.3) is 0 Å². The fourth-order valence-electron chi connectivity index (χ4n) is 8.91. The predicted molar refractivity (Wildman–Crippen MR) is 274 cm³/mol. The molecule has 5 aromatic carbocycles. The van der Waals surface area contributed by atoms with Crippen molar-refractivity contribution in [3.05, 3.63) is 180 Å². The number of rotatable bonds is 12. The quantitative estimate of drug-likeness (QED) is 0.0906. The van der Waals surface area contributed by atoms with E-state index in [0.29, 0.717) is 23.4 Å². The molecule has 9 rings (SSSR count). The number of nitrogens with zero attached hydrogens (tertiary/aromatic N) is 5. The lowest BCUT2D eigenvalue weighted by Gasteiger charge is -2.22. The molecule has 1 aliphatic rings. The minimum Gasteiger partial charge on any atom is -0.435 e. The highest BCUT2D eigenvalue weighted by Crippen LogP contribution is 2.52. The van der Waals surface area contributed by atoms with Crippen LogP contribution in [0.5, 0.6) is 0 Å². The van der Waals surface area contributed by atoms with E-state index in [2.05, 4.69) is 110 Å². The van der Waals surface area contributed by atoms with Gasteiger partial charge in [0, 0.05) is 38.6 Å². The van der Waals surface area contributed by atoms with E-state index in [4.69, 9.17) is 24.4 Å². The van der Waals surface area contributed by atoms with Gasteiger partial charge in [-0.1, -0.05) is 119 Å². The van der Waals surface area contributed by atoms with Crippen LogP contribution in [0.25, 0.3) is 89.0 Å². The zero-order valence-electron chi connectivity index (χ0n) is 37.8. The van der Waals surface area contributed by atoms with Gasteiger partial charge in [0.05, 0.1) is 11.0 Å². The monoisotopic (exact) mass is 828 g/mol. The SMILES string of the molecule is C[B]/C=C\C=C(/C)c1nc(/C(C)=C/C=C\[B]C)nc(C(=C/[B]C)/C=C(\C)n2c3ccccc3c3cc(-c4ccc5c(c4)C(C)(C)c4ccc6nc(-c7ccccc7)oc6c4-5)ccc32)n1. The molecule has 0 spiro atoms. The molecule has 3 heterocycles. The molecule has 0 saturated heterocycles. The lowest BCUT2D eigenvalue weighted by Crippen LogP contribution is -2.14. The first-order chi connectivity index (χ1) is 31.1. The Morgan fingerprint density at radius 2 is 1.25 bits per heavy atom. The summed E-state index contributed by atoms with van der Waals surface area (Å²) >= 11 is 0. The second-order valence-corrected chi connectivity index (χ2v) is 16.9. The summed E-state index contributed by atoms with van der Waals surface area (Å²) in [7, 11) is 6.05. The van der Waals surface area contributed by atoms with E-state index in [9.17, 15) is 0 Å². The van der Waals surface area contributed by atoms with Gasteiger partial charge in [-0.3, -0.25) is 0 Å². The van der Waals surface area contributed by atoms with Crippen molar-refractivity contribution < 1.29 is 4.42 Å². The maximum absolute atomic E-state index is 6.55. The van der Waals surface area contributed by atoms with Crippen LogP contribution in [0.15, 0.2) is 156 Å². The first kappa shape index (κ1) is 42.3. The molecule has 6 nitrogen and oxygen atoms in total. The van der Waals surface area contributed by atoms with Crippen LogP contribution in [0.2, 0.25) is 20.5 Å². The predicted octanol–water partition coefficient (Wildman–Crippen LogP) is 13.8. The molecule has 0 atom stereocenters. The van der Waals surface area contributed by atoms with Crippen molar-refractivity contribution in [2.24, 2.45) is 0 Å². The van der Waals surface area contributed by atoms with Gasteiger partial charge in [-0.2, -0.15) is 0 Å². The van der Waals surface area contributed by atoms with Gasteiger partial charge in [0.1, 0.15) is 27.4 Å². The fraction of sp³-hybridized carbons (Fsp3) is 0.164. The number of oxazole rings is 1. The fourth-order valence-corrected chi connectivity index (χ4v) is 8.91. The Hall–Kier alpha value is -6.99. The highest BCUT2D eigenvalue weighted by Gasteiger charge is 2.38. The van der Waals surface area contributed by atoms with Crippen LogP contribution in [0.1, 0.15) is 63.2 Å². The van der Waals surface area contributed by atoms with Crippen LogP contribution in [-0.2, 0) is 5.41 Å². The van der Waals surface area contributed by atoms with Crippen molar-refractivity contribution in [2.75, 3.05) is 0 Å². The number of hydrogen-bond donors (Lipinski definition) is 0. The number of benzene rings is 5. The largest absolute Gasteiger partial charge is 0.435 e. The first-order valence-corrected chi connectivity index (χ1v) is 22.0. The lowest BCUT2D eigenvalue weighted by molar-refractivity contribution is 0.618. The van der Waals surface area contributed by atoms with Gasteiger partial charge < -0.3 is 8.98 Å². The molecule has 0 N–H and O–H groups in total. The number of hydrogen-bond acceptors (Lipinski definition) is 5. The Kier molecular flexibility index (Phi) is 11.7. The van der Waals surface area contributed by atoms with Crippen molar-refractivity contribution in [3.8, 4) is 33.7 Å². The topological polar surface area (TPSA) is 69.6 Å². The van der Waals surface area contributed by atoms with Crippen molar-refractivity contribution in [2.45, 2.75) is 60.5 Å². The van der Waals surface area contributed by atoms with Crippen LogP contribution >= 0.6 is 0 Å². The lowest BCUT2D eigenvalue weighted by atomic mass is 9.80. The highest BCUT2D eigenvalue weighted by atomic mass is 16.3. The standard InChI is InChI=1S/C55H49B3N5O/c1-34(16-14-28-56-6)51-60-52(35(2)17-15-29-57-7)62-53(61-51)40(33-58-8)30-36(3)63-47-21-13-12-20-41(47)43-31-38(23-27-48(43)63)39-22-24-42-45(32-39)55(4,5)44-25-26-46-50(49(42)44)64-54(59-46)37-18-10-9-11-19-37/h9-33H,1-8H3/b28-14-,29-15-,34-16+,35-17+,36-30+,40-33+. The number of aromatic nitrogens is 5. The van der Waals surface area contributed by atoms with Gasteiger partial charge in [0.2, 0.25) is 5.89 Å². The normalized spacial score (nSPS) is 14.3. The van der Waals surface area contributed by atoms with E-state index in [-0.39, 0.29) is 5.41 Å². The zero-order valence-corrected chi connectivity index (χ0v) is 37.8. The summed E-state index contributed by atoms with van der Waals surface area (Å²) < 4.78 is 8.90. The van der Waals surface area contributed by atoms with Crippen LogP contribution < -0.4 is 0 Å². The smallest absolute Gasteiger partial charge is 0.227 e. The van der Waals surface area contributed by atoms with Gasteiger partial charge in [-0.05, 0) is 108 Å². The molecule has 0 amide bonds. The minimum atomic E-state index is -0.225. The second kappa shape index (κ2) is 17.6. The Morgan fingerprint density at radius 3 is 1.95 bits per heavy atom. The van der Waals surface area contributed by atoms with E-state index in [1.807, 2.05) is 123 Å². The number of fused-ring (bicyclic) bond motifs is 8. The summed E-state index contributed by atoms with van der Waals surface area (Å²) in [6, 6.07) is 36.9. The molecule has 0 aliphatic heterocycles. The van der Waals surface area contributed by atoms with E-state index in [1.54, 1.807) is 0 Å². The number of para-hydroxylation sites is 1. The van der Waals surface area contributed by atoms with Crippen LogP contribution in [0.4, 0.5) is 0 Å². The van der Waals surface area contributed by atoms with Crippen molar-refractivity contribution >= 4 is 77.2 Å². The molecular weight excluding hydrogens is 779 g/mol. The minimum absolute atomic E-state index is 0.225. The van der Waals surface area contributed by atoms with E-state index >= 15 is 0 Å². The number of allylic oxidation sites excluding steroid dienone is 9. The van der Waals surface area contributed by atoms with E-state index < -0.39 is 0 Å². The summed E-state index contributed by atoms with van der Waals surface area (Å²) in [6.07, 6.45) is 10.3. The van der Waals surface area contributed by atoms with Gasteiger partial charge >= 0.3 is 0 Å². The van der Waals surface area contributed by atoms with Crippen molar-refractivity contribution in [3.63, 3.8) is 0 Å². The maximum Gasteiger partial charge on any atom is 0.227 e. The molecule has 0 bridgehead atoms. The maximum atomic E-state index is 6.55. The molecule has 9 heteroatoms. The average molecular weight is 828 g/mol. The summed E-state index contributed by atoms with van der Waals surface area (Å²) in [5, 5.41) is 2.38. The molecule has 0 fully saturated rings. The van der Waals surface area contributed by atoms with Crippen molar-refractivity contribution in [1.29, 1.82) is 0 Å². The molecule has 0 saturated carbocycles. The van der Waals surface area contributed by atoms with Gasteiger partial charge in [0.15, 0.2) is 23.1 Å². The Bertz CT molecular complexity index is 3240. The highest BCUT2D eigenvalue weighted by molar-refractivity contribution is 6.42.